The Morgan fingerprint density at radius 1 is 0.735 bits per heavy atom. The number of ether oxygens (including phenoxy) is 1. The Balaban J connectivity index is 1.25. The van der Waals surface area contributed by atoms with E-state index in [-0.39, 0.29) is 16.9 Å². The summed E-state index contributed by atoms with van der Waals surface area (Å²) in [5.41, 5.74) is 2.90. The molecule has 5 aromatic rings. The van der Waals surface area contributed by atoms with Crippen LogP contribution in [0.5, 0.6) is 5.75 Å². The molecule has 0 radical (unpaired) electrons. The highest BCUT2D eigenvalue weighted by Crippen LogP contribution is 2.36. The fraction of sp³-hybridized carbons (Fsp3) is 0.0370. The lowest BCUT2D eigenvalue weighted by molar-refractivity contribution is 0.0893. The number of carbonyl (C=O) groups excluding carboxylic acids is 2. The molecule has 4 aromatic carbocycles. The minimum Gasteiger partial charge on any atom is -0.489 e. The van der Waals surface area contributed by atoms with Crippen LogP contribution >= 0.6 is 11.3 Å². The third-order valence-corrected chi connectivity index (χ3v) is 6.68. The Labute approximate surface area is 199 Å². The van der Waals surface area contributed by atoms with Gasteiger partial charge in [-0.15, -0.1) is 10.2 Å². The second-order valence-corrected chi connectivity index (χ2v) is 8.80. The predicted molar refractivity (Wildman–Crippen MR) is 131 cm³/mol. The van der Waals surface area contributed by atoms with Crippen molar-refractivity contribution in [1.82, 2.24) is 10.2 Å². The first-order valence-electron chi connectivity index (χ1n) is 10.7. The number of aromatic nitrogens is 2. The normalized spacial score (nSPS) is 12.9. The molecule has 0 saturated carbocycles. The molecule has 1 aliphatic rings. The van der Waals surface area contributed by atoms with Gasteiger partial charge in [-0.05, 0) is 47.3 Å². The highest BCUT2D eigenvalue weighted by molar-refractivity contribution is 7.18. The number of rotatable bonds is 5. The van der Waals surface area contributed by atoms with E-state index in [9.17, 15) is 9.59 Å². The van der Waals surface area contributed by atoms with Crippen LogP contribution in [0.4, 0.5) is 5.13 Å². The van der Waals surface area contributed by atoms with E-state index in [2.05, 4.69) is 10.2 Å². The molecule has 0 spiro atoms. The van der Waals surface area contributed by atoms with Gasteiger partial charge in [-0.1, -0.05) is 65.9 Å². The van der Waals surface area contributed by atoms with Crippen molar-refractivity contribution in [2.75, 3.05) is 4.90 Å². The average Bonchev–Trinajstić information content (AvgIpc) is 3.37. The van der Waals surface area contributed by atoms with Crippen LogP contribution in [0.2, 0.25) is 0 Å². The maximum absolute atomic E-state index is 13.2. The number of nitrogens with zero attached hydrogens (tertiary/aromatic N) is 3. The lowest BCUT2D eigenvalue weighted by Crippen LogP contribution is -2.40. The molecular weight excluding hydrogens is 446 g/mol. The molecule has 6 nitrogen and oxygen atoms in total. The second-order valence-electron chi connectivity index (χ2n) is 7.84. The minimum absolute atomic E-state index is 0.251. The summed E-state index contributed by atoms with van der Waals surface area (Å²) in [5.74, 6) is -0.0354. The number of carbonyl (C=O) groups is 2. The summed E-state index contributed by atoms with van der Waals surface area (Å²) in [6.45, 7) is 0.483. The fourth-order valence-electron chi connectivity index (χ4n) is 4.06. The summed E-state index contributed by atoms with van der Waals surface area (Å²) in [5, 5.41) is 10.8. The van der Waals surface area contributed by atoms with Gasteiger partial charge < -0.3 is 4.74 Å². The smallest absolute Gasteiger partial charge is 0.267 e. The van der Waals surface area contributed by atoms with Gasteiger partial charge in [0.25, 0.3) is 11.8 Å². The van der Waals surface area contributed by atoms with E-state index >= 15 is 0 Å². The maximum atomic E-state index is 13.2. The summed E-state index contributed by atoms with van der Waals surface area (Å²) in [6, 6.07) is 28.4. The molecule has 1 aromatic heterocycles. The molecule has 2 amide bonds. The first-order chi connectivity index (χ1) is 16.7. The molecule has 0 bridgehead atoms. The highest BCUT2D eigenvalue weighted by Gasteiger charge is 2.36. The van der Waals surface area contributed by atoms with Crippen LogP contribution in [-0.4, -0.2) is 22.0 Å². The van der Waals surface area contributed by atoms with Gasteiger partial charge in [0.05, 0.1) is 0 Å². The standard InChI is InChI=1S/C27H17N3O3S/c31-25-21-10-4-8-18-9-5-11-22(23(18)21)26(32)30(25)27-29-28-24(34-27)19-12-14-20(15-13-19)33-16-17-6-2-1-3-7-17/h1-15H,16H2. The van der Waals surface area contributed by atoms with Crippen LogP contribution in [0.15, 0.2) is 91.0 Å². The van der Waals surface area contributed by atoms with Gasteiger partial charge in [0.1, 0.15) is 17.4 Å². The topological polar surface area (TPSA) is 72.4 Å². The fourth-order valence-corrected chi connectivity index (χ4v) is 4.91. The van der Waals surface area contributed by atoms with Gasteiger partial charge in [-0.2, -0.15) is 0 Å². The quantitative estimate of drug-likeness (QED) is 0.311. The Morgan fingerprint density at radius 2 is 1.41 bits per heavy atom. The summed E-state index contributed by atoms with van der Waals surface area (Å²) in [6.07, 6.45) is 0. The van der Waals surface area contributed by atoms with Crippen LogP contribution in [-0.2, 0) is 6.61 Å². The molecule has 7 heteroatoms. The average molecular weight is 464 g/mol. The molecule has 2 heterocycles. The van der Waals surface area contributed by atoms with E-state index in [4.69, 9.17) is 4.74 Å². The van der Waals surface area contributed by atoms with E-state index in [1.54, 1.807) is 12.1 Å². The molecule has 0 saturated heterocycles. The molecule has 0 fully saturated rings. The van der Waals surface area contributed by atoms with Crippen LogP contribution < -0.4 is 9.64 Å². The second kappa shape index (κ2) is 8.20. The monoisotopic (exact) mass is 463 g/mol. The van der Waals surface area contributed by atoms with Crippen LogP contribution in [0, 0.1) is 0 Å². The Morgan fingerprint density at radius 3 is 2.09 bits per heavy atom. The number of benzene rings is 4. The zero-order valence-corrected chi connectivity index (χ0v) is 18.7. The molecule has 0 atom stereocenters. The molecular formula is C27H17N3O3S. The number of anilines is 1. The van der Waals surface area contributed by atoms with Gasteiger partial charge in [0.15, 0.2) is 0 Å². The van der Waals surface area contributed by atoms with Crippen molar-refractivity contribution in [2.45, 2.75) is 6.61 Å². The summed E-state index contributed by atoms with van der Waals surface area (Å²) in [4.78, 5) is 27.6. The Hall–Kier alpha value is -4.36. The van der Waals surface area contributed by atoms with Crippen molar-refractivity contribution in [2.24, 2.45) is 0 Å². The molecule has 6 rings (SSSR count). The number of hydrogen-bond donors (Lipinski definition) is 0. The van der Waals surface area contributed by atoms with E-state index in [0.717, 1.165) is 27.2 Å². The van der Waals surface area contributed by atoms with Crippen LogP contribution in [0.25, 0.3) is 21.3 Å². The first-order valence-corrected chi connectivity index (χ1v) is 11.5. The molecule has 164 valence electrons. The van der Waals surface area contributed by atoms with Crippen molar-refractivity contribution in [3.05, 3.63) is 108 Å². The summed E-state index contributed by atoms with van der Waals surface area (Å²) in [7, 11) is 0. The molecule has 0 unspecified atom stereocenters. The van der Waals surface area contributed by atoms with Gasteiger partial charge in [0, 0.05) is 22.1 Å². The lowest BCUT2D eigenvalue weighted by atomic mass is 9.94. The zero-order chi connectivity index (χ0) is 23.1. The third-order valence-electron chi connectivity index (χ3n) is 5.73. The van der Waals surface area contributed by atoms with E-state index in [1.807, 2.05) is 78.9 Å². The van der Waals surface area contributed by atoms with E-state index < -0.39 is 0 Å². The van der Waals surface area contributed by atoms with Crippen molar-refractivity contribution < 1.29 is 14.3 Å². The molecule has 0 N–H and O–H groups in total. The maximum Gasteiger partial charge on any atom is 0.267 e. The SMILES string of the molecule is O=C1c2cccc3cccc(c23)C(=O)N1c1nnc(-c2ccc(OCc3ccccc3)cc2)s1. The minimum atomic E-state index is -0.387. The summed E-state index contributed by atoms with van der Waals surface area (Å²) < 4.78 is 5.84. The number of hydrogen-bond acceptors (Lipinski definition) is 6. The van der Waals surface area contributed by atoms with Crippen molar-refractivity contribution in [3.63, 3.8) is 0 Å². The highest BCUT2D eigenvalue weighted by atomic mass is 32.1. The summed E-state index contributed by atoms with van der Waals surface area (Å²) >= 11 is 1.20. The predicted octanol–water partition coefficient (Wildman–Crippen LogP) is 5.74. The number of amides is 2. The lowest BCUT2D eigenvalue weighted by Gasteiger charge is -2.24. The van der Waals surface area contributed by atoms with Gasteiger partial charge in [-0.25, -0.2) is 4.90 Å². The van der Waals surface area contributed by atoms with Gasteiger partial charge >= 0.3 is 0 Å². The third kappa shape index (κ3) is 3.43. The van der Waals surface area contributed by atoms with Gasteiger partial charge in [-0.3, -0.25) is 9.59 Å². The first kappa shape index (κ1) is 20.3. The van der Waals surface area contributed by atoms with Gasteiger partial charge in [0.2, 0.25) is 5.13 Å². The van der Waals surface area contributed by atoms with E-state index in [1.165, 1.54) is 11.3 Å². The number of imide groups is 1. The Kier molecular flexibility index (Phi) is 4.89. The molecule has 34 heavy (non-hydrogen) atoms. The van der Waals surface area contributed by atoms with E-state index in [0.29, 0.717) is 28.1 Å². The van der Waals surface area contributed by atoms with Crippen molar-refractivity contribution in [1.29, 1.82) is 0 Å². The van der Waals surface area contributed by atoms with Crippen LogP contribution in [0.3, 0.4) is 0 Å². The van der Waals surface area contributed by atoms with Crippen molar-refractivity contribution in [3.8, 4) is 16.3 Å². The largest absolute Gasteiger partial charge is 0.489 e. The van der Waals surface area contributed by atoms with Crippen LogP contribution in [0.1, 0.15) is 26.3 Å². The Bertz CT molecular complexity index is 1490. The molecule has 1 aliphatic heterocycles. The molecule has 0 aliphatic carbocycles. The zero-order valence-electron chi connectivity index (χ0n) is 17.8. The van der Waals surface area contributed by atoms with Crippen molar-refractivity contribution >= 4 is 39.1 Å².